The summed E-state index contributed by atoms with van der Waals surface area (Å²) in [6, 6.07) is 111. The quantitative estimate of drug-likeness (QED) is 0.149. The summed E-state index contributed by atoms with van der Waals surface area (Å²) in [5.41, 5.74) is 20.1. The average Bonchev–Trinajstić information content (AvgIpc) is 1.04. The van der Waals surface area contributed by atoms with E-state index in [4.69, 9.17) is 8.83 Å². The molecule has 86 heavy (non-hydrogen) atoms. The summed E-state index contributed by atoms with van der Waals surface area (Å²) in [5, 5.41) is 18.9. The van der Waals surface area contributed by atoms with Gasteiger partial charge in [-0.05, 0) is 185 Å². The number of para-hydroxylation sites is 2. The molecule has 0 aliphatic heterocycles. The normalized spacial score (nSPS) is 12.0. The van der Waals surface area contributed by atoms with Crippen molar-refractivity contribution in [2.45, 2.75) is 0 Å². The van der Waals surface area contributed by atoms with Crippen LogP contribution >= 0.6 is 0 Å². The maximum atomic E-state index is 7.03. The van der Waals surface area contributed by atoms with Gasteiger partial charge in [-0.25, -0.2) is 0 Å². The molecule has 18 aromatic rings. The van der Waals surface area contributed by atoms with E-state index in [9.17, 15) is 0 Å². The Kier molecular flexibility index (Phi) is 10.7. The summed E-state index contributed by atoms with van der Waals surface area (Å²) >= 11 is 0. The predicted molar refractivity (Wildman–Crippen MR) is 364 cm³/mol. The van der Waals surface area contributed by atoms with Crippen molar-refractivity contribution < 1.29 is 8.83 Å². The molecule has 18 rings (SSSR count). The van der Waals surface area contributed by atoms with Crippen LogP contribution in [0.4, 0.5) is 0 Å². The minimum Gasteiger partial charge on any atom is -0.456 e. The first-order chi connectivity index (χ1) is 42.7. The van der Waals surface area contributed by atoms with E-state index in [1.165, 1.54) is 115 Å². The fraction of sp³-hybridized carbons (Fsp3) is 0. The van der Waals surface area contributed by atoms with Gasteiger partial charge in [0, 0.05) is 27.1 Å². The van der Waals surface area contributed by atoms with Crippen LogP contribution in [0.2, 0.25) is 0 Å². The Morgan fingerprint density at radius 3 is 1.22 bits per heavy atom. The van der Waals surface area contributed by atoms with Crippen molar-refractivity contribution in [2.75, 3.05) is 0 Å². The molecule has 2 nitrogen and oxygen atoms in total. The van der Waals surface area contributed by atoms with Gasteiger partial charge in [0.15, 0.2) is 0 Å². The molecule has 16 aromatic carbocycles. The zero-order valence-corrected chi connectivity index (χ0v) is 46.7. The Hall–Kier alpha value is -11.3. The van der Waals surface area contributed by atoms with Gasteiger partial charge in [-0.1, -0.05) is 255 Å². The number of furan rings is 2. The molecule has 0 bridgehead atoms. The second kappa shape index (κ2) is 19.1. The van der Waals surface area contributed by atoms with E-state index in [0.29, 0.717) is 0 Å². The van der Waals surface area contributed by atoms with Crippen molar-refractivity contribution in [3.8, 4) is 77.9 Å². The summed E-state index contributed by atoms with van der Waals surface area (Å²) in [5.74, 6) is 0. The lowest BCUT2D eigenvalue weighted by Crippen LogP contribution is -1.93. The smallest absolute Gasteiger partial charge is 0.143 e. The van der Waals surface area contributed by atoms with Crippen molar-refractivity contribution in [3.63, 3.8) is 0 Å². The predicted octanol–water partition coefficient (Wildman–Crippen LogP) is 24.1. The number of fused-ring (bicyclic) bond motifs is 12. The van der Waals surface area contributed by atoms with E-state index in [0.717, 1.165) is 71.5 Å². The fourth-order valence-corrected chi connectivity index (χ4v) is 14.4. The third kappa shape index (κ3) is 7.40. The highest BCUT2D eigenvalue weighted by Gasteiger charge is 2.24. The molecule has 398 valence electrons. The molecule has 0 spiro atoms. The lowest BCUT2D eigenvalue weighted by molar-refractivity contribution is 0.669. The monoisotopic (exact) mass is 1090 g/mol. The molecule has 0 atom stereocenters. The van der Waals surface area contributed by atoms with Crippen molar-refractivity contribution in [1.82, 2.24) is 0 Å². The zero-order valence-electron chi connectivity index (χ0n) is 46.7. The van der Waals surface area contributed by atoms with Crippen LogP contribution in [0.15, 0.2) is 312 Å². The first-order valence-electron chi connectivity index (χ1n) is 29.6. The van der Waals surface area contributed by atoms with E-state index in [-0.39, 0.29) is 0 Å². The number of hydrogen-bond acceptors (Lipinski definition) is 2. The maximum Gasteiger partial charge on any atom is 0.143 e. The maximum absolute atomic E-state index is 7.03. The van der Waals surface area contributed by atoms with Crippen LogP contribution < -0.4 is 0 Å². The number of benzene rings is 16. The lowest BCUT2D eigenvalue weighted by atomic mass is 9.82. The molecule has 2 heterocycles. The van der Waals surface area contributed by atoms with Gasteiger partial charge in [0.05, 0.1) is 0 Å². The Labute approximate surface area is 495 Å². The molecule has 0 saturated carbocycles. The van der Waals surface area contributed by atoms with Crippen molar-refractivity contribution in [2.24, 2.45) is 0 Å². The fourth-order valence-electron chi connectivity index (χ4n) is 14.4. The largest absolute Gasteiger partial charge is 0.456 e. The van der Waals surface area contributed by atoms with Crippen LogP contribution in [0, 0.1) is 0 Å². The third-order valence-electron chi connectivity index (χ3n) is 18.2. The molecule has 0 saturated heterocycles. The highest BCUT2D eigenvalue weighted by Crippen LogP contribution is 2.51. The van der Waals surface area contributed by atoms with E-state index >= 15 is 0 Å². The molecule has 0 radical (unpaired) electrons. The molecule has 0 N–H and O–H groups in total. The van der Waals surface area contributed by atoms with Crippen LogP contribution in [0.25, 0.3) is 186 Å². The zero-order chi connectivity index (χ0) is 56.4. The van der Waals surface area contributed by atoms with Gasteiger partial charge in [0.25, 0.3) is 0 Å². The topological polar surface area (TPSA) is 26.3 Å². The standard InChI is InChI=1S/C84H50O2/c1-3-20-51(21-4-1)72-47-54-38-39-55(46-58(54)50-75(72)83-68-33-15-11-29-64(68)80(65-30-12-16-34-69(65)83)56-41-44-77-73(48-56)61-26-17-18-37-76(61)85-77)60-35-19-36-70-74-49-57(42-45-78(74)86-84(60)70)81-62-27-9-13-31-66(62)82(67-32-14-10-28-63(67)81)71-43-40-52-22-7-8-25-59(52)79(71)53-23-5-2-6-24-53/h1-50H. The van der Waals surface area contributed by atoms with Crippen LogP contribution in [-0.2, 0) is 0 Å². The van der Waals surface area contributed by atoms with Crippen molar-refractivity contribution in [3.05, 3.63) is 303 Å². The van der Waals surface area contributed by atoms with Gasteiger partial charge in [-0.3, -0.25) is 0 Å². The minimum atomic E-state index is 0.862. The Bertz CT molecular complexity index is 5710. The van der Waals surface area contributed by atoms with Crippen LogP contribution in [-0.4, -0.2) is 0 Å². The van der Waals surface area contributed by atoms with E-state index in [1.54, 1.807) is 0 Å². The Morgan fingerprint density at radius 2 is 0.605 bits per heavy atom. The first-order valence-corrected chi connectivity index (χ1v) is 29.6. The summed E-state index contributed by atoms with van der Waals surface area (Å²) in [6.45, 7) is 0. The van der Waals surface area contributed by atoms with Crippen LogP contribution in [0.5, 0.6) is 0 Å². The average molecular weight is 1090 g/mol. The van der Waals surface area contributed by atoms with Gasteiger partial charge in [0.2, 0.25) is 0 Å². The van der Waals surface area contributed by atoms with Crippen molar-refractivity contribution >= 4 is 109 Å². The Morgan fingerprint density at radius 1 is 0.163 bits per heavy atom. The minimum absolute atomic E-state index is 0.862. The van der Waals surface area contributed by atoms with Crippen molar-refractivity contribution in [1.29, 1.82) is 0 Å². The van der Waals surface area contributed by atoms with E-state index in [1.807, 2.05) is 6.07 Å². The van der Waals surface area contributed by atoms with Crippen LogP contribution in [0.3, 0.4) is 0 Å². The second-order valence-electron chi connectivity index (χ2n) is 22.9. The highest BCUT2D eigenvalue weighted by molar-refractivity contribution is 6.26. The molecule has 0 aliphatic carbocycles. The lowest BCUT2D eigenvalue weighted by Gasteiger charge is -2.21. The third-order valence-corrected chi connectivity index (χ3v) is 18.2. The number of rotatable bonds is 7. The van der Waals surface area contributed by atoms with Gasteiger partial charge in [-0.15, -0.1) is 0 Å². The summed E-state index contributed by atoms with van der Waals surface area (Å²) < 4.78 is 13.4. The van der Waals surface area contributed by atoms with E-state index < -0.39 is 0 Å². The van der Waals surface area contributed by atoms with Gasteiger partial charge < -0.3 is 8.83 Å². The molecule has 0 amide bonds. The summed E-state index contributed by atoms with van der Waals surface area (Å²) in [7, 11) is 0. The molecule has 0 unspecified atom stereocenters. The molecule has 2 aromatic heterocycles. The highest BCUT2D eigenvalue weighted by atomic mass is 16.3. The van der Waals surface area contributed by atoms with Gasteiger partial charge >= 0.3 is 0 Å². The van der Waals surface area contributed by atoms with E-state index in [2.05, 4.69) is 297 Å². The van der Waals surface area contributed by atoms with Crippen LogP contribution in [0.1, 0.15) is 0 Å². The number of hydrogen-bond donors (Lipinski definition) is 0. The molecule has 0 fully saturated rings. The molecular weight excluding hydrogens is 1040 g/mol. The summed E-state index contributed by atoms with van der Waals surface area (Å²) in [6.07, 6.45) is 0. The van der Waals surface area contributed by atoms with Gasteiger partial charge in [-0.2, -0.15) is 0 Å². The first kappa shape index (κ1) is 48.2. The molecule has 0 aliphatic rings. The molecule has 2 heteroatoms. The summed E-state index contributed by atoms with van der Waals surface area (Å²) in [4.78, 5) is 0. The molecular formula is C84H50O2. The Balaban J connectivity index is 0.802. The second-order valence-corrected chi connectivity index (χ2v) is 22.9. The SMILES string of the molecule is c1ccc(-c2cc3ccc(-c4cccc5c4oc4ccc(-c6c7ccccc7c(-c7ccc8ccccc8c7-c7ccccc7)c7ccccc67)cc45)cc3cc2-c2c3ccccc3c(-c3ccc4oc5ccccc5c4c3)c3ccccc23)cc1. The van der Waals surface area contributed by atoms with Gasteiger partial charge in [0.1, 0.15) is 22.3 Å².